The Hall–Kier alpha value is -2.50. The third-order valence-electron chi connectivity index (χ3n) is 3.16. The van der Waals surface area contributed by atoms with Gasteiger partial charge in [0.2, 0.25) is 0 Å². The summed E-state index contributed by atoms with van der Waals surface area (Å²) in [4.78, 5) is 35.3. The SMILES string of the molecule is N=C1CCN(c2ccc(C(=O)CCC(=O)O)cc2)C1=O. The number of carboxylic acid groups (broad SMARTS) is 1. The second-order valence-corrected chi connectivity index (χ2v) is 4.55. The van der Waals surface area contributed by atoms with E-state index < -0.39 is 5.97 Å². The van der Waals surface area contributed by atoms with Crippen molar-refractivity contribution in [1.82, 2.24) is 0 Å². The summed E-state index contributed by atoms with van der Waals surface area (Å²) >= 11 is 0. The Kier molecular flexibility index (Phi) is 3.93. The highest BCUT2D eigenvalue weighted by Crippen LogP contribution is 2.20. The number of Topliss-reactive ketones (excluding diaryl/α,β-unsaturated/α-hetero) is 1. The van der Waals surface area contributed by atoms with Crippen LogP contribution in [0.2, 0.25) is 0 Å². The second kappa shape index (κ2) is 5.64. The number of carboxylic acids is 1. The highest BCUT2D eigenvalue weighted by atomic mass is 16.4. The number of carbonyl (C=O) groups is 3. The topological polar surface area (TPSA) is 98.5 Å². The Balaban J connectivity index is 2.07. The van der Waals surface area contributed by atoms with Crippen molar-refractivity contribution in [3.63, 3.8) is 0 Å². The van der Waals surface area contributed by atoms with E-state index in [0.29, 0.717) is 24.2 Å². The molecule has 0 unspecified atom stereocenters. The number of nitrogens with zero attached hydrogens (tertiary/aromatic N) is 1. The maximum atomic E-state index is 11.7. The van der Waals surface area contributed by atoms with Gasteiger partial charge in [-0.25, -0.2) is 0 Å². The van der Waals surface area contributed by atoms with Crippen LogP contribution in [0.4, 0.5) is 5.69 Å². The van der Waals surface area contributed by atoms with E-state index in [9.17, 15) is 14.4 Å². The molecule has 0 atom stereocenters. The van der Waals surface area contributed by atoms with E-state index in [-0.39, 0.29) is 30.2 Å². The average Bonchev–Trinajstić information content (AvgIpc) is 2.76. The van der Waals surface area contributed by atoms with Crippen LogP contribution in [0.3, 0.4) is 0 Å². The van der Waals surface area contributed by atoms with Crippen molar-refractivity contribution in [2.24, 2.45) is 0 Å². The molecule has 1 aliphatic rings. The lowest BCUT2D eigenvalue weighted by Gasteiger charge is -2.15. The van der Waals surface area contributed by atoms with Gasteiger partial charge in [0.05, 0.1) is 12.1 Å². The van der Waals surface area contributed by atoms with Gasteiger partial charge >= 0.3 is 5.97 Å². The molecule has 1 amide bonds. The molecule has 6 nitrogen and oxygen atoms in total. The lowest BCUT2D eigenvalue weighted by molar-refractivity contribution is -0.136. The predicted octanol–water partition coefficient (Wildman–Crippen LogP) is 1.49. The van der Waals surface area contributed by atoms with Crippen LogP contribution in [0.1, 0.15) is 29.6 Å². The normalized spacial score (nSPS) is 14.7. The summed E-state index contributed by atoms with van der Waals surface area (Å²) < 4.78 is 0. The number of carbonyl (C=O) groups excluding carboxylic acids is 2. The molecule has 0 aliphatic carbocycles. The van der Waals surface area contributed by atoms with E-state index in [4.69, 9.17) is 10.5 Å². The van der Waals surface area contributed by atoms with Gasteiger partial charge in [-0.15, -0.1) is 0 Å². The summed E-state index contributed by atoms with van der Waals surface area (Å²) in [6, 6.07) is 6.44. The van der Waals surface area contributed by atoms with E-state index in [1.54, 1.807) is 24.3 Å². The number of aliphatic carboxylic acids is 1. The average molecular weight is 274 g/mol. The quantitative estimate of drug-likeness (QED) is 0.794. The molecule has 1 saturated heterocycles. The first kappa shape index (κ1) is 13.9. The monoisotopic (exact) mass is 274 g/mol. The number of benzene rings is 1. The molecule has 0 bridgehead atoms. The van der Waals surface area contributed by atoms with Gasteiger partial charge in [-0.05, 0) is 24.3 Å². The minimum Gasteiger partial charge on any atom is -0.481 e. The van der Waals surface area contributed by atoms with Crippen LogP contribution in [0, 0.1) is 5.41 Å². The van der Waals surface area contributed by atoms with E-state index >= 15 is 0 Å². The molecule has 1 aromatic carbocycles. The van der Waals surface area contributed by atoms with E-state index in [1.807, 2.05) is 0 Å². The summed E-state index contributed by atoms with van der Waals surface area (Å²) in [6.07, 6.45) is 0.197. The van der Waals surface area contributed by atoms with Gasteiger partial charge < -0.3 is 10.0 Å². The van der Waals surface area contributed by atoms with Gasteiger partial charge in [0, 0.05) is 30.6 Å². The van der Waals surface area contributed by atoms with Gasteiger partial charge in [0.1, 0.15) is 0 Å². The molecule has 104 valence electrons. The fourth-order valence-corrected chi connectivity index (χ4v) is 2.03. The molecular weight excluding hydrogens is 260 g/mol. The first-order valence-electron chi connectivity index (χ1n) is 6.23. The third kappa shape index (κ3) is 2.90. The van der Waals surface area contributed by atoms with Crippen molar-refractivity contribution in [3.05, 3.63) is 29.8 Å². The molecule has 2 N–H and O–H groups in total. The van der Waals surface area contributed by atoms with Gasteiger partial charge in [-0.2, -0.15) is 0 Å². The summed E-state index contributed by atoms with van der Waals surface area (Å²) in [6.45, 7) is 0.476. The van der Waals surface area contributed by atoms with Gasteiger partial charge in [-0.3, -0.25) is 19.8 Å². The van der Waals surface area contributed by atoms with Gasteiger partial charge in [0.15, 0.2) is 5.78 Å². The molecular formula is C14H14N2O4. The molecule has 0 aromatic heterocycles. The summed E-state index contributed by atoms with van der Waals surface area (Å²) in [7, 11) is 0. The van der Waals surface area contributed by atoms with Crippen LogP contribution in [0.5, 0.6) is 0 Å². The molecule has 1 aliphatic heterocycles. The van der Waals surface area contributed by atoms with E-state index in [2.05, 4.69) is 0 Å². The van der Waals surface area contributed by atoms with Crippen molar-refractivity contribution >= 4 is 29.1 Å². The molecule has 0 spiro atoms. The molecule has 0 saturated carbocycles. The van der Waals surface area contributed by atoms with Crippen LogP contribution in [0.25, 0.3) is 0 Å². The molecule has 2 rings (SSSR count). The van der Waals surface area contributed by atoms with Crippen molar-refractivity contribution < 1.29 is 19.5 Å². The number of anilines is 1. The van der Waals surface area contributed by atoms with Crippen molar-refractivity contribution in [1.29, 1.82) is 5.41 Å². The van der Waals surface area contributed by atoms with Crippen LogP contribution in [0.15, 0.2) is 24.3 Å². The number of hydrogen-bond donors (Lipinski definition) is 2. The standard InChI is InChI=1S/C14H14N2O4/c15-11-7-8-16(14(11)20)10-3-1-9(2-4-10)12(17)5-6-13(18)19/h1-4,15H,5-8H2,(H,18,19). The minimum absolute atomic E-state index is 0.0397. The van der Waals surface area contributed by atoms with E-state index in [1.165, 1.54) is 4.90 Å². The Bertz CT molecular complexity index is 577. The number of hydrogen-bond acceptors (Lipinski definition) is 4. The fourth-order valence-electron chi connectivity index (χ4n) is 2.03. The molecule has 0 radical (unpaired) electrons. The number of ketones is 1. The molecule has 1 aromatic rings. The zero-order chi connectivity index (χ0) is 14.7. The first-order chi connectivity index (χ1) is 9.49. The zero-order valence-electron chi connectivity index (χ0n) is 10.8. The summed E-state index contributed by atoms with van der Waals surface area (Å²) in [5, 5.41) is 16.0. The van der Waals surface area contributed by atoms with Crippen molar-refractivity contribution in [2.75, 3.05) is 11.4 Å². The molecule has 6 heteroatoms. The maximum Gasteiger partial charge on any atom is 0.303 e. The largest absolute Gasteiger partial charge is 0.481 e. The zero-order valence-corrected chi connectivity index (χ0v) is 10.8. The number of nitrogens with one attached hydrogen (secondary N) is 1. The fraction of sp³-hybridized carbons (Fsp3) is 0.286. The summed E-state index contributed by atoms with van der Waals surface area (Å²) in [5.74, 6) is -1.55. The Labute approximate surface area is 115 Å². The van der Waals surface area contributed by atoms with Gasteiger partial charge in [-0.1, -0.05) is 0 Å². The summed E-state index contributed by atoms with van der Waals surface area (Å²) in [5.41, 5.74) is 1.16. The highest BCUT2D eigenvalue weighted by Gasteiger charge is 2.27. The van der Waals surface area contributed by atoms with Crippen molar-refractivity contribution in [3.8, 4) is 0 Å². The minimum atomic E-state index is -1.00. The third-order valence-corrected chi connectivity index (χ3v) is 3.16. The second-order valence-electron chi connectivity index (χ2n) is 4.55. The molecule has 1 heterocycles. The van der Waals surface area contributed by atoms with Crippen molar-refractivity contribution in [2.45, 2.75) is 19.3 Å². The number of rotatable bonds is 5. The van der Waals surface area contributed by atoms with Crippen LogP contribution < -0.4 is 4.90 Å². The first-order valence-corrected chi connectivity index (χ1v) is 6.23. The molecule has 20 heavy (non-hydrogen) atoms. The Morgan fingerprint density at radius 1 is 1.20 bits per heavy atom. The predicted molar refractivity (Wildman–Crippen MR) is 72.3 cm³/mol. The van der Waals surface area contributed by atoms with Crippen LogP contribution in [-0.2, 0) is 9.59 Å². The smallest absolute Gasteiger partial charge is 0.303 e. The maximum absolute atomic E-state index is 11.7. The van der Waals surface area contributed by atoms with Gasteiger partial charge in [0.25, 0.3) is 5.91 Å². The van der Waals surface area contributed by atoms with E-state index in [0.717, 1.165) is 0 Å². The number of amides is 1. The Morgan fingerprint density at radius 3 is 2.35 bits per heavy atom. The van der Waals surface area contributed by atoms with Crippen LogP contribution >= 0.6 is 0 Å². The van der Waals surface area contributed by atoms with Crippen LogP contribution in [-0.4, -0.2) is 35.0 Å². The Morgan fingerprint density at radius 2 is 1.85 bits per heavy atom. The lowest BCUT2D eigenvalue weighted by Crippen LogP contribution is -2.26. The highest BCUT2D eigenvalue weighted by molar-refractivity contribution is 6.44. The molecule has 1 fully saturated rings. The lowest BCUT2D eigenvalue weighted by atomic mass is 10.1.